The maximum Gasteiger partial charge on any atom is 0.201 e. The van der Waals surface area contributed by atoms with Crippen LogP contribution in [0.5, 0.6) is 0 Å². The van der Waals surface area contributed by atoms with Crippen LogP contribution in [0.25, 0.3) is 10.9 Å². The summed E-state index contributed by atoms with van der Waals surface area (Å²) >= 11 is 6.19. The Morgan fingerprint density at radius 2 is 1.76 bits per heavy atom. The van der Waals surface area contributed by atoms with Crippen LogP contribution in [-0.4, -0.2) is 52.5 Å². The van der Waals surface area contributed by atoms with Crippen LogP contribution in [0.3, 0.4) is 0 Å². The topological polar surface area (TPSA) is 55.9 Å². The van der Waals surface area contributed by atoms with Crippen LogP contribution in [-0.2, 0) is 14.5 Å². The van der Waals surface area contributed by atoms with Gasteiger partial charge in [-0.05, 0) is 89.6 Å². The number of pyridine rings is 1. The first-order valence-corrected chi connectivity index (χ1v) is 14.8. The smallest absolute Gasteiger partial charge is 0.201 e. The number of nitrogens with one attached hydrogen (secondary N) is 1. The summed E-state index contributed by atoms with van der Waals surface area (Å²) in [7, 11) is 0. The van der Waals surface area contributed by atoms with Crippen LogP contribution in [0.15, 0.2) is 30.5 Å². The second-order valence-corrected chi connectivity index (χ2v) is 12.4. The van der Waals surface area contributed by atoms with E-state index in [1.165, 1.54) is 57.2 Å². The van der Waals surface area contributed by atoms with Crippen molar-refractivity contribution in [1.82, 2.24) is 9.88 Å². The Morgan fingerprint density at radius 3 is 2.46 bits per heavy atom. The number of unbranched alkanes of at least 4 members (excludes halogenated alkanes) is 2. The zero-order chi connectivity index (χ0) is 25.9. The Morgan fingerprint density at radius 1 is 1.00 bits per heavy atom. The highest BCUT2D eigenvalue weighted by Crippen LogP contribution is 2.41. The number of benzene rings is 1. The van der Waals surface area contributed by atoms with E-state index >= 15 is 0 Å². The third-order valence-electron chi connectivity index (χ3n) is 8.54. The Balaban J connectivity index is 1.18. The average Bonchev–Trinajstić information content (AvgIpc) is 2.90. The molecular weight excluding hydrogens is 486 g/mol. The summed E-state index contributed by atoms with van der Waals surface area (Å²) in [6.45, 7) is 8.11. The minimum Gasteiger partial charge on any atom is -0.382 e. The zero-order valence-electron chi connectivity index (χ0n) is 22.8. The fourth-order valence-electron chi connectivity index (χ4n) is 6.37. The van der Waals surface area contributed by atoms with Gasteiger partial charge in [-0.2, -0.15) is 0 Å². The van der Waals surface area contributed by atoms with Crippen molar-refractivity contribution in [3.63, 3.8) is 0 Å². The lowest BCUT2D eigenvalue weighted by molar-refractivity contribution is -0.512. The summed E-state index contributed by atoms with van der Waals surface area (Å²) in [6.07, 6.45) is 14.6. The maximum absolute atomic E-state index is 6.22. The minimum absolute atomic E-state index is 0.365. The number of aromatic nitrogens is 1. The summed E-state index contributed by atoms with van der Waals surface area (Å²) in [4.78, 5) is 18.9. The van der Waals surface area contributed by atoms with Gasteiger partial charge in [0, 0.05) is 53.3 Å². The Hall–Kier alpha value is -1.44. The second-order valence-electron chi connectivity index (χ2n) is 12.0. The predicted octanol–water partition coefficient (Wildman–Crippen LogP) is 7.50. The van der Waals surface area contributed by atoms with Gasteiger partial charge in [0.05, 0.1) is 12.1 Å². The van der Waals surface area contributed by atoms with E-state index in [-0.39, 0.29) is 5.60 Å². The van der Waals surface area contributed by atoms with Crippen LogP contribution < -0.4 is 5.32 Å². The first kappa shape index (κ1) is 27.1. The normalized spacial score (nSPS) is 30.1. The largest absolute Gasteiger partial charge is 0.382 e. The third-order valence-corrected chi connectivity index (χ3v) is 8.77. The molecule has 1 aromatic heterocycles. The summed E-state index contributed by atoms with van der Waals surface area (Å²) in [5.74, 6) is -0.541. The van der Waals surface area contributed by atoms with Crippen LogP contribution in [0, 0.1) is 0 Å². The van der Waals surface area contributed by atoms with Gasteiger partial charge in [0.1, 0.15) is 5.60 Å². The molecule has 0 unspecified atom stereocenters. The summed E-state index contributed by atoms with van der Waals surface area (Å²) in [6, 6.07) is 9.82. The molecule has 2 saturated carbocycles. The van der Waals surface area contributed by atoms with E-state index in [0.29, 0.717) is 24.7 Å². The molecule has 3 fully saturated rings. The minimum atomic E-state index is -0.541. The molecule has 0 radical (unpaired) electrons. The average molecular weight is 530 g/mol. The van der Waals surface area contributed by atoms with Gasteiger partial charge < -0.3 is 10.1 Å². The number of nitrogens with zero attached hydrogens (tertiary/aromatic N) is 2. The van der Waals surface area contributed by atoms with E-state index in [1.807, 2.05) is 32.2 Å². The van der Waals surface area contributed by atoms with Gasteiger partial charge in [0.2, 0.25) is 5.79 Å². The van der Waals surface area contributed by atoms with Crippen molar-refractivity contribution in [3.8, 4) is 0 Å². The van der Waals surface area contributed by atoms with Crippen molar-refractivity contribution in [3.05, 3.63) is 35.5 Å². The number of ether oxygens (including phenoxy) is 1. The SMILES string of the molecule is CCCCCN(C1CCC(Nc2ccnc3cc(Cl)ccc23)CC1)C1CCC2(CC1)OCC(C)(C)OO2. The molecule has 2 heterocycles. The molecule has 2 aromatic rings. The lowest BCUT2D eigenvalue weighted by atomic mass is 9.84. The first-order chi connectivity index (χ1) is 17.9. The highest BCUT2D eigenvalue weighted by Gasteiger charge is 2.46. The van der Waals surface area contributed by atoms with E-state index in [4.69, 9.17) is 26.1 Å². The molecule has 37 heavy (non-hydrogen) atoms. The summed E-state index contributed by atoms with van der Waals surface area (Å²) in [5, 5.41) is 5.70. The van der Waals surface area contributed by atoms with Gasteiger partial charge in [0.25, 0.3) is 0 Å². The number of hydrogen-bond donors (Lipinski definition) is 1. The highest BCUT2D eigenvalue weighted by atomic mass is 35.5. The van der Waals surface area contributed by atoms with Gasteiger partial charge in [0.15, 0.2) is 0 Å². The number of fused-ring (bicyclic) bond motifs is 1. The highest BCUT2D eigenvalue weighted by molar-refractivity contribution is 6.31. The Kier molecular flexibility index (Phi) is 8.62. The molecule has 2 aliphatic carbocycles. The molecule has 3 aliphatic rings. The molecule has 1 saturated heterocycles. The van der Waals surface area contributed by atoms with Gasteiger partial charge in [-0.25, -0.2) is 9.78 Å². The van der Waals surface area contributed by atoms with Crippen molar-refractivity contribution in [2.45, 2.75) is 121 Å². The molecule has 204 valence electrons. The molecule has 0 bridgehead atoms. The Labute approximate surface area is 227 Å². The number of halogens is 1. The van der Waals surface area contributed by atoms with Crippen LogP contribution in [0.2, 0.25) is 5.02 Å². The van der Waals surface area contributed by atoms with Crippen molar-refractivity contribution >= 4 is 28.2 Å². The predicted molar refractivity (Wildman–Crippen MR) is 150 cm³/mol. The third kappa shape index (κ3) is 6.59. The molecule has 1 aromatic carbocycles. The fraction of sp³-hybridized carbons (Fsp3) is 0.700. The van der Waals surface area contributed by atoms with Crippen LogP contribution in [0.4, 0.5) is 5.69 Å². The van der Waals surface area contributed by atoms with Gasteiger partial charge >= 0.3 is 0 Å². The number of hydrogen-bond acceptors (Lipinski definition) is 6. The van der Waals surface area contributed by atoms with Gasteiger partial charge in [-0.15, -0.1) is 0 Å². The fourth-order valence-corrected chi connectivity index (χ4v) is 6.54. The molecule has 1 aliphatic heterocycles. The molecule has 0 amide bonds. The van der Waals surface area contributed by atoms with Crippen molar-refractivity contribution < 1.29 is 14.5 Å². The Bertz CT molecular complexity index is 1020. The summed E-state index contributed by atoms with van der Waals surface area (Å²) < 4.78 is 6.22. The molecule has 7 heteroatoms. The van der Waals surface area contributed by atoms with E-state index in [0.717, 1.165) is 41.6 Å². The lowest BCUT2D eigenvalue weighted by Gasteiger charge is -2.48. The molecule has 0 atom stereocenters. The van der Waals surface area contributed by atoms with E-state index < -0.39 is 5.79 Å². The second kappa shape index (κ2) is 11.7. The molecular formula is C30H44ClN3O3. The molecule has 5 rings (SSSR count). The number of rotatable bonds is 8. The standard InChI is InChI=1S/C30H44ClN3O3/c1-4-5-6-19-34(25-13-16-30(17-14-25)35-21-29(2,3)36-37-30)24-10-8-23(9-11-24)33-27-15-18-32-28-20-22(31)7-12-26(27)28/h7,12,15,18,20,23-25H,4-6,8-11,13-14,16-17,19,21H2,1-3H3,(H,32,33). The number of anilines is 1. The quantitative estimate of drug-likeness (QED) is 0.282. The van der Waals surface area contributed by atoms with Gasteiger partial charge in [-0.3, -0.25) is 9.88 Å². The summed E-state index contributed by atoms with van der Waals surface area (Å²) in [5.41, 5.74) is 1.75. The maximum atomic E-state index is 6.22. The van der Waals surface area contributed by atoms with E-state index in [2.05, 4.69) is 34.3 Å². The molecule has 6 nitrogen and oxygen atoms in total. The van der Waals surface area contributed by atoms with Crippen LogP contribution in [0.1, 0.15) is 91.4 Å². The van der Waals surface area contributed by atoms with Crippen molar-refractivity contribution in [2.75, 3.05) is 18.5 Å². The molecule has 1 spiro atoms. The monoisotopic (exact) mass is 529 g/mol. The van der Waals surface area contributed by atoms with Crippen LogP contribution >= 0.6 is 11.6 Å². The zero-order valence-corrected chi connectivity index (χ0v) is 23.6. The lowest BCUT2D eigenvalue weighted by Crippen LogP contribution is -2.54. The van der Waals surface area contributed by atoms with Crippen molar-refractivity contribution in [2.24, 2.45) is 0 Å². The first-order valence-electron chi connectivity index (χ1n) is 14.4. The van der Waals surface area contributed by atoms with Gasteiger partial charge in [-0.1, -0.05) is 31.4 Å². The van der Waals surface area contributed by atoms with E-state index in [1.54, 1.807) is 0 Å². The van der Waals surface area contributed by atoms with Crippen molar-refractivity contribution in [1.29, 1.82) is 0 Å². The molecule has 1 N–H and O–H groups in total. The van der Waals surface area contributed by atoms with E-state index in [9.17, 15) is 0 Å².